The smallest absolute Gasteiger partial charge is 0.161 e. The Morgan fingerprint density at radius 1 is 1.24 bits per heavy atom. The molecule has 2 aromatic rings. The molecule has 0 aliphatic carbocycles. The molecule has 0 unspecified atom stereocenters. The third-order valence-corrected chi connectivity index (χ3v) is 3.31. The van der Waals surface area contributed by atoms with Gasteiger partial charge in [-0.3, -0.25) is 4.68 Å². The molecule has 0 saturated carbocycles. The van der Waals surface area contributed by atoms with Crippen LogP contribution in [0.5, 0.6) is 11.5 Å². The molecule has 1 aliphatic rings. The van der Waals surface area contributed by atoms with Crippen LogP contribution in [-0.4, -0.2) is 34.5 Å². The first-order chi connectivity index (χ1) is 10.3. The summed E-state index contributed by atoms with van der Waals surface area (Å²) in [5, 5.41) is 7.65. The maximum absolute atomic E-state index is 5.69. The number of aromatic nitrogens is 3. The fraction of sp³-hybridized carbons (Fsp3) is 0.467. The first kappa shape index (κ1) is 13.9. The highest BCUT2D eigenvalue weighted by atomic mass is 16.5. The number of benzene rings is 1. The number of rotatable bonds is 5. The van der Waals surface area contributed by atoms with E-state index in [2.05, 4.69) is 21.5 Å². The van der Waals surface area contributed by atoms with Crippen molar-refractivity contribution in [2.24, 2.45) is 7.05 Å². The van der Waals surface area contributed by atoms with Crippen LogP contribution in [0.3, 0.4) is 0 Å². The van der Waals surface area contributed by atoms with Crippen LogP contribution >= 0.6 is 0 Å². The summed E-state index contributed by atoms with van der Waals surface area (Å²) in [4.78, 5) is 4.20. The number of fused-ring (bicyclic) bond motifs is 1. The fourth-order valence-electron chi connectivity index (χ4n) is 2.25. The van der Waals surface area contributed by atoms with Gasteiger partial charge in [-0.15, -0.1) is 0 Å². The average Bonchev–Trinajstić information content (AvgIpc) is 2.76. The molecule has 3 rings (SSSR count). The van der Waals surface area contributed by atoms with Gasteiger partial charge in [-0.25, -0.2) is 4.98 Å². The van der Waals surface area contributed by atoms with Gasteiger partial charge < -0.3 is 14.8 Å². The zero-order valence-corrected chi connectivity index (χ0v) is 12.2. The number of nitrogens with one attached hydrogen (secondary N) is 1. The number of nitrogens with zero attached hydrogens (tertiary/aromatic N) is 3. The van der Waals surface area contributed by atoms with E-state index in [1.54, 1.807) is 11.0 Å². The van der Waals surface area contributed by atoms with Gasteiger partial charge in [-0.1, -0.05) is 6.07 Å². The van der Waals surface area contributed by atoms with Gasteiger partial charge in [-0.2, -0.15) is 5.10 Å². The molecule has 112 valence electrons. The Kier molecular flexibility index (Phi) is 4.35. The monoisotopic (exact) mass is 288 g/mol. The van der Waals surface area contributed by atoms with Crippen LogP contribution in [0.2, 0.25) is 0 Å². The van der Waals surface area contributed by atoms with E-state index in [4.69, 9.17) is 9.47 Å². The van der Waals surface area contributed by atoms with E-state index in [0.29, 0.717) is 0 Å². The largest absolute Gasteiger partial charge is 0.490 e. The fourth-order valence-corrected chi connectivity index (χ4v) is 2.25. The maximum Gasteiger partial charge on any atom is 0.161 e. The Labute approximate surface area is 124 Å². The van der Waals surface area contributed by atoms with Gasteiger partial charge in [0.15, 0.2) is 17.3 Å². The van der Waals surface area contributed by atoms with Gasteiger partial charge in [-0.05, 0) is 17.7 Å². The number of aryl methyl sites for hydroxylation is 1. The third-order valence-electron chi connectivity index (χ3n) is 3.31. The normalized spacial score (nSPS) is 14.0. The van der Waals surface area contributed by atoms with E-state index in [-0.39, 0.29) is 0 Å². The zero-order chi connectivity index (χ0) is 14.5. The van der Waals surface area contributed by atoms with Crippen molar-refractivity contribution in [1.82, 2.24) is 20.1 Å². The summed E-state index contributed by atoms with van der Waals surface area (Å²) in [7, 11) is 1.88. The summed E-state index contributed by atoms with van der Waals surface area (Å²) in [6.07, 6.45) is 3.48. The standard InChI is InChI=1S/C15H20N4O2/c1-19-11-17-15(18-19)5-6-16-10-12-3-4-13-14(9-12)21-8-2-7-20-13/h3-4,9,11,16H,2,5-8,10H2,1H3. The van der Waals surface area contributed by atoms with Gasteiger partial charge in [0.05, 0.1) is 13.2 Å². The molecule has 1 aromatic carbocycles. The molecule has 6 heteroatoms. The van der Waals surface area contributed by atoms with Crippen LogP contribution in [-0.2, 0) is 20.0 Å². The molecular weight excluding hydrogens is 268 g/mol. The summed E-state index contributed by atoms with van der Waals surface area (Å²) < 4.78 is 13.0. The van der Waals surface area contributed by atoms with Crippen molar-refractivity contribution in [3.63, 3.8) is 0 Å². The molecule has 0 saturated heterocycles. The Morgan fingerprint density at radius 3 is 2.90 bits per heavy atom. The Balaban J connectivity index is 1.50. The second-order valence-electron chi connectivity index (χ2n) is 5.09. The summed E-state index contributed by atoms with van der Waals surface area (Å²) in [5.74, 6) is 2.55. The Morgan fingerprint density at radius 2 is 2.10 bits per heavy atom. The second-order valence-corrected chi connectivity index (χ2v) is 5.09. The van der Waals surface area contributed by atoms with Crippen molar-refractivity contribution in [3.8, 4) is 11.5 Å². The molecule has 0 atom stereocenters. The van der Waals surface area contributed by atoms with Gasteiger partial charge >= 0.3 is 0 Å². The summed E-state index contributed by atoms with van der Waals surface area (Å²) in [6, 6.07) is 6.10. The van der Waals surface area contributed by atoms with E-state index in [9.17, 15) is 0 Å². The summed E-state index contributed by atoms with van der Waals surface area (Å²) in [5.41, 5.74) is 1.19. The SMILES string of the molecule is Cn1cnc(CCNCc2ccc3c(c2)OCCCO3)n1. The predicted molar refractivity (Wildman–Crippen MR) is 78.5 cm³/mol. The minimum Gasteiger partial charge on any atom is -0.490 e. The van der Waals surface area contributed by atoms with E-state index in [1.165, 1.54) is 5.56 Å². The lowest BCUT2D eigenvalue weighted by atomic mass is 10.2. The highest BCUT2D eigenvalue weighted by Crippen LogP contribution is 2.30. The molecule has 1 N–H and O–H groups in total. The zero-order valence-electron chi connectivity index (χ0n) is 12.2. The van der Waals surface area contributed by atoms with Gasteiger partial charge in [0.25, 0.3) is 0 Å². The summed E-state index contributed by atoms with van der Waals surface area (Å²) in [6.45, 7) is 3.08. The average molecular weight is 288 g/mol. The molecular formula is C15H20N4O2. The molecule has 6 nitrogen and oxygen atoms in total. The molecule has 0 bridgehead atoms. The first-order valence-electron chi connectivity index (χ1n) is 7.25. The molecule has 0 spiro atoms. The lowest BCUT2D eigenvalue weighted by molar-refractivity contribution is 0.297. The van der Waals surface area contributed by atoms with Crippen LogP contribution in [0.25, 0.3) is 0 Å². The van der Waals surface area contributed by atoms with Crippen molar-refractivity contribution in [2.45, 2.75) is 19.4 Å². The van der Waals surface area contributed by atoms with Crippen LogP contribution in [0.15, 0.2) is 24.5 Å². The topological polar surface area (TPSA) is 61.2 Å². The van der Waals surface area contributed by atoms with Crippen molar-refractivity contribution in [3.05, 3.63) is 35.9 Å². The highest BCUT2D eigenvalue weighted by Gasteiger charge is 2.10. The van der Waals surface area contributed by atoms with E-state index >= 15 is 0 Å². The molecule has 21 heavy (non-hydrogen) atoms. The van der Waals surface area contributed by atoms with Crippen molar-refractivity contribution < 1.29 is 9.47 Å². The van der Waals surface area contributed by atoms with Crippen molar-refractivity contribution in [1.29, 1.82) is 0 Å². The van der Waals surface area contributed by atoms with Gasteiger partial charge in [0.1, 0.15) is 6.33 Å². The quantitative estimate of drug-likeness (QED) is 0.841. The van der Waals surface area contributed by atoms with E-state index in [1.807, 2.05) is 19.2 Å². The Bertz CT molecular complexity index is 597. The van der Waals surface area contributed by atoms with Crippen molar-refractivity contribution >= 4 is 0 Å². The molecule has 0 fully saturated rings. The highest BCUT2D eigenvalue weighted by molar-refractivity contribution is 5.43. The van der Waals surface area contributed by atoms with E-state index < -0.39 is 0 Å². The molecule has 1 aliphatic heterocycles. The number of hydrogen-bond donors (Lipinski definition) is 1. The predicted octanol–water partition coefficient (Wildman–Crippen LogP) is 1.31. The number of hydrogen-bond acceptors (Lipinski definition) is 5. The second kappa shape index (κ2) is 6.58. The van der Waals surface area contributed by atoms with Gasteiger partial charge in [0, 0.05) is 33.0 Å². The van der Waals surface area contributed by atoms with Crippen LogP contribution in [0.1, 0.15) is 17.8 Å². The Hall–Kier alpha value is -2.08. The van der Waals surface area contributed by atoms with Crippen LogP contribution < -0.4 is 14.8 Å². The maximum atomic E-state index is 5.69. The van der Waals surface area contributed by atoms with Gasteiger partial charge in [0.2, 0.25) is 0 Å². The molecule has 2 heterocycles. The lowest BCUT2D eigenvalue weighted by Gasteiger charge is -2.09. The minimum atomic E-state index is 0.717. The lowest BCUT2D eigenvalue weighted by Crippen LogP contribution is -2.17. The minimum absolute atomic E-state index is 0.717. The third kappa shape index (κ3) is 3.72. The van der Waals surface area contributed by atoms with Crippen LogP contribution in [0.4, 0.5) is 0 Å². The molecule has 0 radical (unpaired) electrons. The van der Waals surface area contributed by atoms with Crippen molar-refractivity contribution in [2.75, 3.05) is 19.8 Å². The first-order valence-corrected chi connectivity index (χ1v) is 7.25. The summed E-state index contributed by atoms with van der Waals surface area (Å²) >= 11 is 0. The van der Waals surface area contributed by atoms with Crippen LogP contribution in [0, 0.1) is 0 Å². The molecule has 0 amide bonds. The molecule has 1 aromatic heterocycles. The number of ether oxygens (including phenoxy) is 2. The van der Waals surface area contributed by atoms with E-state index in [0.717, 1.165) is 56.5 Å².